The lowest BCUT2D eigenvalue weighted by Crippen LogP contribution is -2.19. The monoisotopic (exact) mass is 322 g/mol. The van der Waals surface area contributed by atoms with Gasteiger partial charge in [-0.05, 0) is 43.4 Å². The van der Waals surface area contributed by atoms with E-state index in [0.717, 1.165) is 23.7 Å². The molecule has 1 amide bonds. The molecule has 0 aromatic heterocycles. The average molecular weight is 323 g/mol. The largest absolute Gasteiger partial charge is 0.507 e. The van der Waals surface area contributed by atoms with E-state index >= 15 is 0 Å². The summed E-state index contributed by atoms with van der Waals surface area (Å²) in [6.07, 6.45) is 9.11. The Labute approximate surface area is 120 Å². The zero-order chi connectivity index (χ0) is 13.7. The molecule has 0 saturated heterocycles. The van der Waals surface area contributed by atoms with Gasteiger partial charge in [0, 0.05) is 10.7 Å². The molecular formula is C14H15BrN2O2. The fourth-order valence-electron chi connectivity index (χ4n) is 1.90. The Morgan fingerprint density at radius 3 is 3.05 bits per heavy atom. The number of allylic oxidation sites excluding steroid dienone is 2. The Morgan fingerprint density at radius 1 is 1.47 bits per heavy atom. The lowest BCUT2D eigenvalue weighted by Gasteiger charge is -2.11. The second kappa shape index (κ2) is 6.52. The van der Waals surface area contributed by atoms with Crippen LogP contribution in [0.5, 0.6) is 5.75 Å². The van der Waals surface area contributed by atoms with E-state index < -0.39 is 5.91 Å². The lowest BCUT2D eigenvalue weighted by molar-refractivity contribution is 0.0952. The molecule has 0 heterocycles. The molecule has 100 valence electrons. The highest BCUT2D eigenvalue weighted by Gasteiger charge is 2.11. The Balaban J connectivity index is 1.95. The first-order valence-corrected chi connectivity index (χ1v) is 6.93. The highest BCUT2D eigenvalue weighted by molar-refractivity contribution is 9.10. The summed E-state index contributed by atoms with van der Waals surface area (Å²) in [5, 5.41) is 13.6. The van der Waals surface area contributed by atoms with E-state index in [2.05, 4.69) is 38.6 Å². The molecule has 0 fully saturated rings. The van der Waals surface area contributed by atoms with Gasteiger partial charge in [0.1, 0.15) is 5.75 Å². The third kappa shape index (κ3) is 3.92. The number of rotatable bonds is 3. The first-order valence-electron chi connectivity index (χ1n) is 6.14. The van der Waals surface area contributed by atoms with Crippen LogP contribution in [0.1, 0.15) is 29.6 Å². The molecule has 1 aliphatic rings. The molecule has 0 aliphatic heterocycles. The van der Waals surface area contributed by atoms with Crippen molar-refractivity contribution in [2.45, 2.75) is 19.3 Å². The van der Waals surface area contributed by atoms with Crippen molar-refractivity contribution in [2.75, 3.05) is 0 Å². The predicted octanol–water partition coefficient (Wildman–Crippen LogP) is 3.23. The van der Waals surface area contributed by atoms with Crippen LogP contribution >= 0.6 is 15.9 Å². The third-order valence-electron chi connectivity index (χ3n) is 2.96. The highest BCUT2D eigenvalue weighted by Crippen LogP contribution is 2.21. The fourth-order valence-corrected chi connectivity index (χ4v) is 2.27. The van der Waals surface area contributed by atoms with Crippen molar-refractivity contribution >= 4 is 28.1 Å². The number of nitrogens with one attached hydrogen (secondary N) is 1. The smallest absolute Gasteiger partial charge is 0.275 e. The van der Waals surface area contributed by atoms with Gasteiger partial charge in [-0.1, -0.05) is 28.1 Å². The standard InChI is InChI=1S/C14H15BrN2O2/c15-11-6-7-13(18)12(8-11)14(19)17-16-9-10-4-2-1-3-5-10/h1-2,6-10,18H,3-5H2,(H,17,19)/b16-9-. The Kier molecular flexibility index (Phi) is 4.74. The maximum atomic E-state index is 11.8. The number of hydrogen-bond acceptors (Lipinski definition) is 3. The third-order valence-corrected chi connectivity index (χ3v) is 3.46. The number of aromatic hydroxyl groups is 1. The molecule has 2 N–H and O–H groups in total. The number of hydrogen-bond donors (Lipinski definition) is 2. The number of carbonyl (C=O) groups is 1. The summed E-state index contributed by atoms with van der Waals surface area (Å²) in [5.41, 5.74) is 2.64. The molecule has 0 bridgehead atoms. The first-order chi connectivity index (χ1) is 9.16. The summed E-state index contributed by atoms with van der Waals surface area (Å²) in [4.78, 5) is 11.8. The van der Waals surface area contributed by atoms with Crippen molar-refractivity contribution in [2.24, 2.45) is 11.0 Å². The van der Waals surface area contributed by atoms with E-state index in [0.29, 0.717) is 5.92 Å². The molecule has 1 aromatic rings. The number of phenolic OH excluding ortho intramolecular Hbond substituents is 1. The minimum absolute atomic E-state index is 0.0588. The normalized spacial score (nSPS) is 18.7. The van der Waals surface area contributed by atoms with Crippen molar-refractivity contribution in [3.63, 3.8) is 0 Å². The molecule has 1 unspecified atom stereocenters. The molecule has 1 aliphatic carbocycles. The Morgan fingerprint density at radius 2 is 2.32 bits per heavy atom. The van der Waals surface area contributed by atoms with E-state index in [1.165, 1.54) is 6.07 Å². The van der Waals surface area contributed by atoms with Crippen LogP contribution in [-0.4, -0.2) is 17.2 Å². The second-order valence-electron chi connectivity index (χ2n) is 4.43. The van der Waals surface area contributed by atoms with Crippen LogP contribution in [0, 0.1) is 5.92 Å². The highest BCUT2D eigenvalue weighted by atomic mass is 79.9. The van der Waals surface area contributed by atoms with Crippen molar-refractivity contribution in [1.82, 2.24) is 5.43 Å². The predicted molar refractivity (Wildman–Crippen MR) is 78.2 cm³/mol. The number of benzene rings is 1. The summed E-state index contributed by atoms with van der Waals surface area (Å²) in [7, 11) is 0. The SMILES string of the molecule is O=C(N/N=C\C1CC=CCC1)c1cc(Br)ccc1O. The van der Waals surface area contributed by atoms with Crippen LogP contribution in [0.25, 0.3) is 0 Å². The molecule has 2 rings (SSSR count). The quantitative estimate of drug-likeness (QED) is 0.510. The number of phenols is 1. The second-order valence-corrected chi connectivity index (χ2v) is 5.34. The van der Waals surface area contributed by atoms with E-state index in [1.54, 1.807) is 18.3 Å². The molecule has 0 spiro atoms. The van der Waals surface area contributed by atoms with Gasteiger partial charge in [0.15, 0.2) is 0 Å². The van der Waals surface area contributed by atoms with Crippen LogP contribution in [0.4, 0.5) is 0 Å². The van der Waals surface area contributed by atoms with Crippen molar-refractivity contribution in [3.05, 3.63) is 40.4 Å². The fraction of sp³-hybridized carbons (Fsp3) is 0.286. The zero-order valence-electron chi connectivity index (χ0n) is 10.3. The van der Waals surface area contributed by atoms with Crippen LogP contribution in [0.2, 0.25) is 0 Å². The van der Waals surface area contributed by atoms with Crippen molar-refractivity contribution < 1.29 is 9.90 Å². The van der Waals surface area contributed by atoms with Gasteiger partial charge in [-0.25, -0.2) is 5.43 Å². The summed E-state index contributed by atoms with van der Waals surface area (Å²) in [5.74, 6) is -0.0979. The molecule has 4 nitrogen and oxygen atoms in total. The van der Waals surface area contributed by atoms with E-state index in [-0.39, 0.29) is 11.3 Å². The number of nitrogens with zero attached hydrogens (tertiary/aromatic N) is 1. The molecule has 0 saturated carbocycles. The van der Waals surface area contributed by atoms with Gasteiger partial charge < -0.3 is 5.11 Å². The number of carbonyl (C=O) groups excluding carboxylic acids is 1. The zero-order valence-corrected chi connectivity index (χ0v) is 11.9. The summed E-state index contributed by atoms with van der Waals surface area (Å²) in [6, 6.07) is 4.70. The molecule has 5 heteroatoms. The summed E-state index contributed by atoms with van der Waals surface area (Å²) >= 11 is 3.26. The van der Waals surface area contributed by atoms with Gasteiger partial charge in [-0.15, -0.1) is 0 Å². The van der Waals surface area contributed by atoms with Gasteiger partial charge in [-0.2, -0.15) is 5.10 Å². The topological polar surface area (TPSA) is 61.7 Å². The van der Waals surface area contributed by atoms with Crippen molar-refractivity contribution in [1.29, 1.82) is 0 Å². The maximum Gasteiger partial charge on any atom is 0.275 e. The molecule has 1 aromatic carbocycles. The minimum Gasteiger partial charge on any atom is -0.507 e. The van der Waals surface area contributed by atoms with Gasteiger partial charge >= 0.3 is 0 Å². The average Bonchev–Trinajstić information content (AvgIpc) is 2.42. The van der Waals surface area contributed by atoms with Crippen LogP contribution < -0.4 is 5.43 Å². The van der Waals surface area contributed by atoms with Gasteiger partial charge in [0.25, 0.3) is 5.91 Å². The van der Waals surface area contributed by atoms with E-state index in [1.807, 2.05) is 0 Å². The minimum atomic E-state index is -0.415. The maximum absolute atomic E-state index is 11.8. The number of hydrazone groups is 1. The van der Waals surface area contributed by atoms with Gasteiger partial charge in [0.2, 0.25) is 0 Å². The van der Waals surface area contributed by atoms with E-state index in [9.17, 15) is 9.90 Å². The number of amides is 1. The van der Waals surface area contributed by atoms with Gasteiger partial charge in [0.05, 0.1) is 5.56 Å². The number of halogens is 1. The van der Waals surface area contributed by atoms with Crippen molar-refractivity contribution in [3.8, 4) is 5.75 Å². The summed E-state index contributed by atoms with van der Waals surface area (Å²) < 4.78 is 0.733. The molecule has 19 heavy (non-hydrogen) atoms. The first kappa shape index (κ1) is 13.8. The molecule has 1 atom stereocenters. The van der Waals surface area contributed by atoms with E-state index in [4.69, 9.17) is 0 Å². The van der Waals surface area contributed by atoms with Crippen LogP contribution in [-0.2, 0) is 0 Å². The lowest BCUT2D eigenvalue weighted by atomic mass is 9.96. The van der Waals surface area contributed by atoms with Gasteiger partial charge in [-0.3, -0.25) is 4.79 Å². The Hall–Kier alpha value is -1.62. The molecule has 0 radical (unpaired) electrons. The van der Waals surface area contributed by atoms with Crippen LogP contribution in [0.3, 0.4) is 0 Å². The Bertz CT molecular complexity index is 526. The van der Waals surface area contributed by atoms with Crippen LogP contribution in [0.15, 0.2) is 39.9 Å². The molecular weight excluding hydrogens is 308 g/mol. The summed E-state index contributed by atoms with van der Waals surface area (Å²) in [6.45, 7) is 0.